The molecule has 2 aliphatic carbocycles. The lowest BCUT2D eigenvalue weighted by molar-refractivity contribution is -0.131. The average Bonchev–Trinajstić information content (AvgIpc) is 3.20. The number of carbonyl (C=O) groups excluding carboxylic acids is 1. The lowest BCUT2D eigenvalue weighted by atomic mass is 9.87. The molecule has 2 bridgehead atoms. The molecule has 0 N–H and O–H groups in total. The number of carbonyl (C=O) groups is 1. The number of esters is 1. The van der Waals surface area contributed by atoms with Gasteiger partial charge in [0.15, 0.2) is 0 Å². The first-order valence-electron chi connectivity index (χ1n) is 8.42. The number of benzene rings is 2. The summed E-state index contributed by atoms with van der Waals surface area (Å²) >= 11 is 1.73. The fourth-order valence-electron chi connectivity index (χ4n) is 3.82. The Bertz CT molecular complexity index is 761. The highest BCUT2D eigenvalue weighted by Crippen LogP contribution is 2.48. The second-order valence-electron chi connectivity index (χ2n) is 6.62. The van der Waals surface area contributed by atoms with Gasteiger partial charge in [0.25, 0.3) is 0 Å². The van der Waals surface area contributed by atoms with Crippen LogP contribution in [0.25, 0.3) is 0 Å². The molecule has 0 radical (unpaired) electrons. The van der Waals surface area contributed by atoms with Gasteiger partial charge in [-0.25, -0.2) is 0 Å². The first kappa shape index (κ1) is 15.5. The highest BCUT2D eigenvalue weighted by Gasteiger charge is 2.36. The number of hydrogen-bond donors (Lipinski definition) is 0. The van der Waals surface area contributed by atoms with E-state index < -0.39 is 0 Å². The molecule has 1 fully saturated rings. The van der Waals surface area contributed by atoms with Crippen molar-refractivity contribution >= 4 is 17.7 Å². The van der Waals surface area contributed by atoms with E-state index in [1.165, 1.54) is 30.2 Å². The van der Waals surface area contributed by atoms with Crippen molar-refractivity contribution in [1.29, 1.82) is 0 Å². The van der Waals surface area contributed by atoms with E-state index in [1.807, 2.05) is 24.3 Å². The molecule has 3 atom stereocenters. The van der Waals surface area contributed by atoms with Crippen LogP contribution in [-0.2, 0) is 4.79 Å². The molecule has 2 aliphatic rings. The summed E-state index contributed by atoms with van der Waals surface area (Å²) in [5.74, 6) is 2.57. The zero-order valence-electron chi connectivity index (χ0n) is 13.6. The predicted octanol–water partition coefficient (Wildman–Crippen LogP) is 5.44. The Balaban J connectivity index is 1.42. The highest BCUT2D eigenvalue weighted by atomic mass is 32.2. The van der Waals surface area contributed by atoms with Gasteiger partial charge in [-0.1, -0.05) is 36.0 Å². The monoisotopic (exact) mass is 336 g/mol. The Morgan fingerprint density at radius 1 is 0.958 bits per heavy atom. The van der Waals surface area contributed by atoms with Crippen molar-refractivity contribution in [3.8, 4) is 5.75 Å². The Kier molecular flexibility index (Phi) is 4.19. The minimum absolute atomic E-state index is 0.290. The Hall–Kier alpha value is -2.00. The number of fused-ring (bicyclic) bond motifs is 2. The smallest absolute Gasteiger partial charge is 0.308 e. The molecule has 0 spiro atoms. The summed E-state index contributed by atoms with van der Waals surface area (Å²) in [7, 11) is 0. The third-order valence-corrected chi connectivity index (χ3v) is 5.92. The van der Waals surface area contributed by atoms with E-state index in [0.717, 1.165) is 16.7 Å². The van der Waals surface area contributed by atoms with Crippen molar-refractivity contribution in [1.82, 2.24) is 0 Å². The van der Waals surface area contributed by atoms with Crippen LogP contribution in [0.1, 0.15) is 31.2 Å². The number of hydrogen-bond acceptors (Lipinski definition) is 3. The molecule has 0 amide bonds. The van der Waals surface area contributed by atoms with Gasteiger partial charge in [-0.2, -0.15) is 0 Å². The summed E-state index contributed by atoms with van der Waals surface area (Å²) in [5, 5.41) is 0. The van der Waals surface area contributed by atoms with Crippen molar-refractivity contribution in [2.24, 2.45) is 11.8 Å². The molecule has 3 heteroatoms. The van der Waals surface area contributed by atoms with Gasteiger partial charge in [0.2, 0.25) is 0 Å². The number of ether oxygens (including phenoxy) is 1. The Morgan fingerprint density at radius 2 is 1.62 bits per heavy atom. The molecule has 0 aliphatic heterocycles. The lowest BCUT2D eigenvalue weighted by Gasteiger charge is -2.18. The summed E-state index contributed by atoms with van der Waals surface area (Å²) in [6, 6.07) is 16.6. The van der Waals surface area contributed by atoms with Gasteiger partial charge in [0, 0.05) is 16.7 Å². The van der Waals surface area contributed by atoms with Gasteiger partial charge in [0.1, 0.15) is 5.75 Å². The zero-order chi connectivity index (χ0) is 16.5. The summed E-state index contributed by atoms with van der Waals surface area (Å²) in [6.45, 7) is 1.41. The van der Waals surface area contributed by atoms with Crippen LogP contribution in [0, 0.1) is 11.8 Å². The molecular formula is C21H20O2S. The third-order valence-electron chi connectivity index (χ3n) is 4.91. The molecule has 122 valence electrons. The first-order chi connectivity index (χ1) is 11.7. The van der Waals surface area contributed by atoms with E-state index >= 15 is 0 Å². The van der Waals surface area contributed by atoms with Crippen LogP contribution < -0.4 is 4.74 Å². The highest BCUT2D eigenvalue weighted by molar-refractivity contribution is 7.99. The largest absolute Gasteiger partial charge is 0.427 e. The van der Waals surface area contributed by atoms with Crippen molar-refractivity contribution in [3.63, 3.8) is 0 Å². The van der Waals surface area contributed by atoms with Crippen LogP contribution in [0.3, 0.4) is 0 Å². The van der Waals surface area contributed by atoms with Crippen LogP contribution in [0.15, 0.2) is 70.5 Å². The second-order valence-corrected chi connectivity index (χ2v) is 7.77. The zero-order valence-corrected chi connectivity index (χ0v) is 14.5. The topological polar surface area (TPSA) is 26.3 Å². The summed E-state index contributed by atoms with van der Waals surface area (Å²) in [4.78, 5) is 13.3. The fourth-order valence-corrected chi connectivity index (χ4v) is 4.64. The maximum Gasteiger partial charge on any atom is 0.308 e. The van der Waals surface area contributed by atoms with Crippen LogP contribution in [0.5, 0.6) is 5.75 Å². The van der Waals surface area contributed by atoms with Crippen LogP contribution >= 0.6 is 11.8 Å². The minimum Gasteiger partial charge on any atom is -0.427 e. The summed E-state index contributed by atoms with van der Waals surface area (Å²) in [6.07, 6.45) is 7.46. The van der Waals surface area contributed by atoms with E-state index in [1.54, 1.807) is 11.8 Å². The maximum atomic E-state index is 10.9. The van der Waals surface area contributed by atoms with E-state index in [-0.39, 0.29) is 5.97 Å². The molecule has 3 unspecified atom stereocenters. The van der Waals surface area contributed by atoms with Gasteiger partial charge >= 0.3 is 5.97 Å². The summed E-state index contributed by atoms with van der Waals surface area (Å²) in [5.41, 5.74) is 1.47. The van der Waals surface area contributed by atoms with E-state index in [2.05, 4.69) is 36.4 Å². The van der Waals surface area contributed by atoms with E-state index in [9.17, 15) is 4.79 Å². The van der Waals surface area contributed by atoms with E-state index in [0.29, 0.717) is 11.7 Å². The molecular weight excluding hydrogens is 316 g/mol. The molecule has 1 saturated carbocycles. The Morgan fingerprint density at radius 3 is 2.17 bits per heavy atom. The minimum atomic E-state index is -0.290. The van der Waals surface area contributed by atoms with Gasteiger partial charge in [-0.05, 0) is 72.6 Å². The molecule has 0 aromatic heterocycles. The molecule has 24 heavy (non-hydrogen) atoms. The Labute approximate surface area is 146 Å². The molecule has 2 aromatic rings. The molecule has 0 heterocycles. The lowest BCUT2D eigenvalue weighted by Crippen LogP contribution is -2.04. The van der Waals surface area contributed by atoms with Crippen molar-refractivity contribution in [3.05, 3.63) is 66.2 Å². The molecule has 2 nitrogen and oxygen atoms in total. The number of rotatable bonds is 4. The first-order valence-corrected chi connectivity index (χ1v) is 9.23. The van der Waals surface area contributed by atoms with Crippen molar-refractivity contribution in [2.75, 3.05) is 0 Å². The van der Waals surface area contributed by atoms with Gasteiger partial charge < -0.3 is 4.74 Å². The SMILES string of the molecule is CC(=O)Oc1ccc(Sc2ccc(C3CC4C=CC3C4)cc2)cc1. The normalized spacial score (nSPS) is 24.3. The summed E-state index contributed by atoms with van der Waals surface area (Å²) < 4.78 is 5.06. The second kappa shape index (κ2) is 6.48. The third kappa shape index (κ3) is 3.27. The average molecular weight is 336 g/mol. The fraction of sp³-hybridized carbons (Fsp3) is 0.286. The van der Waals surface area contributed by atoms with Crippen molar-refractivity contribution in [2.45, 2.75) is 35.5 Å². The quantitative estimate of drug-likeness (QED) is 0.422. The van der Waals surface area contributed by atoms with Gasteiger partial charge in [-0.3, -0.25) is 4.79 Å². The van der Waals surface area contributed by atoms with Gasteiger partial charge in [0.05, 0.1) is 0 Å². The van der Waals surface area contributed by atoms with Crippen molar-refractivity contribution < 1.29 is 9.53 Å². The van der Waals surface area contributed by atoms with Gasteiger partial charge in [-0.15, -0.1) is 0 Å². The molecule has 4 rings (SSSR count). The molecule has 2 aromatic carbocycles. The number of allylic oxidation sites excluding steroid dienone is 2. The van der Waals surface area contributed by atoms with E-state index in [4.69, 9.17) is 4.74 Å². The maximum absolute atomic E-state index is 10.9. The predicted molar refractivity (Wildman–Crippen MR) is 96.4 cm³/mol. The molecule has 0 saturated heterocycles. The van der Waals surface area contributed by atoms with Crippen LogP contribution in [0.2, 0.25) is 0 Å². The van der Waals surface area contributed by atoms with Crippen LogP contribution in [-0.4, -0.2) is 5.97 Å². The standard InChI is InChI=1S/C21H20O2S/c1-14(22)23-18-6-10-20(11-7-18)24-19-8-4-16(5-9-19)21-13-15-2-3-17(21)12-15/h2-11,15,17,21H,12-13H2,1H3. The van der Waals surface area contributed by atoms with Crippen LogP contribution in [0.4, 0.5) is 0 Å².